The van der Waals surface area contributed by atoms with E-state index in [1.54, 1.807) is 12.1 Å². The van der Waals surface area contributed by atoms with Crippen molar-refractivity contribution in [1.82, 2.24) is 20.1 Å². The summed E-state index contributed by atoms with van der Waals surface area (Å²) in [6, 6.07) is 3.30. The average Bonchev–Trinajstić information content (AvgIpc) is 2.99. The van der Waals surface area contributed by atoms with E-state index in [0.717, 1.165) is 37.5 Å². The van der Waals surface area contributed by atoms with Crippen LogP contribution in [0, 0.1) is 0 Å². The second-order valence-electron chi connectivity index (χ2n) is 5.24. The third-order valence-corrected chi connectivity index (χ3v) is 4.90. The number of carbonyl (C=O) groups excluding carboxylic acids is 1. The largest absolute Gasteiger partial charge is 0.342 e. The molecule has 3 rings (SSSR count). The van der Waals surface area contributed by atoms with E-state index in [1.807, 2.05) is 6.92 Å². The number of aromatic nitrogens is 3. The van der Waals surface area contributed by atoms with Gasteiger partial charge >= 0.3 is 0 Å². The fraction of sp³-hybridized carbons (Fsp3) is 0.500. The molecule has 5 nitrogen and oxygen atoms in total. The molecule has 1 N–H and O–H groups in total. The predicted octanol–water partition coefficient (Wildman–Crippen LogP) is 3.21. The standard InChI is InChI=1S/C14H17ClN4OS/c1-9(16-14(20)10-6-7-11(15)21-10)13-18-17-12-5-3-2-4-8-19(12)13/h6-7,9H,2-5,8H2,1H3,(H,16,20). The van der Waals surface area contributed by atoms with Gasteiger partial charge in [0.2, 0.25) is 0 Å². The Balaban J connectivity index is 1.75. The highest BCUT2D eigenvalue weighted by Gasteiger charge is 2.21. The molecule has 112 valence electrons. The fourth-order valence-electron chi connectivity index (χ4n) is 2.60. The number of hydrogen-bond donors (Lipinski definition) is 1. The molecular formula is C14H17ClN4OS. The molecule has 0 bridgehead atoms. The monoisotopic (exact) mass is 324 g/mol. The molecule has 1 unspecified atom stereocenters. The summed E-state index contributed by atoms with van der Waals surface area (Å²) in [6.45, 7) is 2.87. The first-order valence-corrected chi connectivity index (χ1v) is 8.33. The molecule has 2 aromatic rings. The highest BCUT2D eigenvalue weighted by molar-refractivity contribution is 7.17. The zero-order valence-electron chi connectivity index (χ0n) is 11.8. The van der Waals surface area contributed by atoms with Crippen LogP contribution in [0.5, 0.6) is 0 Å². The highest BCUT2D eigenvalue weighted by Crippen LogP contribution is 2.23. The molecule has 1 atom stereocenters. The molecule has 0 saturated carbocycles. The number of carbonyl (C=O) groups is 1. The van der Waals surface area contributed by atoms with Crippen LogP contribution in [0.4, 0.5) is 0 Å². The maximum atomic E-state index is 12.2. The molecule has 3 heterocycles. The van der Waals surface area contributed by atoms with Crippen LogP contribution in [0.2, 0.25) is 4.34 Å². The van der Waals surface area contributed by atoms with Gasteiger partial charge in [-0.3, -0.25) is 4.79 Å². The van der Waals surface area contributed by atoms with E-state index in [9.17, 15) is 4.79 Å². The molecule has 2 aromatic heterocycles. The fourth-order valence-corrected chi connectivity index (χ4v) is 3.54. The number of nitrogens with zero attached hydrogens (tertiary/aromatic N) is 3. The van der Waals surface area contributed by atoms with Crippen LogP contribution in [0.3, 0.4) is 0 Å². The maximum Gasteiger partial charge on any atom is 0.261 e. The smallest absolute Gasteiger partial charge is 0.261 e. The molecule has 0 aliphatic carbocycles. The molecule has 1 amide bonds. The summed E-state index contributed by atoms with van der Waals surface area (Å²) in [6.07, 6.45) is 4.48. The number of thiophene rings is 1. The molecular weight excluding hydrogens is 308 g/mol. The molecule has 0 aromatic carbocycles. The lowest BCUT2D eigenvalue weighted by molar-refractivity contribution is 0.0941. The van der Waals surface area contributed by atoms with Crippen LogP contribution < -0.4 is 5.32 Å². The topological polar surface area (TPSA) is 59.8 Å². The van der Waals surface area contributed by atoms with Crippen LogP contribution >= 0.6 is 22.9 Å². The minimum atomic E-state index is -0.169. The SMILES string of the molecule is CC(NC(=O)c1ccc(Cl)s1)c1nnc2n1CCCCC2. The highest BCUT2D eigenvalue weighted by atomic mass is 35.5. The van der Waals surface area contributed by atoms with E-state index in [2.05, 4.69) is 20.1 Å². The number of hydrogen-bond acceptors (Lipinski definition) is 4. The van der Waals surface area contributed by atoms with Crippen molar-refractivity contribution in [2.45, 2.75) is 45.2 Å². The van der Waals surface area contributed by atoms with Crippen molar-refractivity contribution in [1.29, 1.82) is 0 Å². The van der Waals surface area contributed by atoms with Gasteiger partial charge < -0.3 is 9.88 Å². The molecule has 1 aliphatic heterocycles. The Hall–Kier alpha value is -1.40. The first-order chi connectivity index (χ1) is 10.1. The summed E-state index contributed by atoms with van der Waals surface area (Å²) in [5.41, 5.74) is 0. The van der Waals surface area contributed by atoms with Crippen molar-refractivity contribution in [2.75, 3.05) is 0 Å². The Labute approximate surface area is 132 Å². The normalized spacial score (nSPS) is 16.1. The minimum Gasteiger partial charge on any atom is -0.342 e. The van der Waals surface area contributed by atoms with Crippen LogP contribution in [0.1, 0.15) is 53.5 Å². The van der Waals surface area contributed by atoms with Gasteiger partial charge in [0.25, 0.3) is 5.91 Å². The number of aryl methyl sites for hydroxylation is 1. The Morgan fingerprint density at radius 3 is 3.00 bits per heavy atom. The van der Waals surface area contributed by atoms with E-state index >= 15 is 0 Å². The van der Waals surface area contributed by atoms with Gasteiger partial charge in [-0.05, 0) is 31.9 Å². The van der Waals surface area contributed by atoms with Crippen LogP contribution in [-0.2, 0) is 13.0 Å². The van der Waals surface area contributed by atoms with Crippen molar-refractivity contribution in [3.05, 3.63) is 33.0 Å². The van der Waals surface area contributed by atoms with Gasteiger partial charge in [0, 0.05) is 13.0 Å². The molecule has 0 saturated heterocycles. The Bertz CT molecular complexity index is 651. The molecule has 7 heteroatoms. The maximum absolute atomic E-state index is 12.2. The number of nitrogens with one attached hydrogen (secondary N) is 1. The van der Waals surface area contributed by atoms with Gasteiger partial charge in [0.05, 0.1) is 15.3 Å². The number of rotatable bonds is 3. The van der Waals surface area contributed by atoms with Gasteiger partial charge in [-0.25, -0.2) is 0 Å². The number of amides is 1. The van der Waals surface area contributed by atoms with E-state index in [1.165, 1.54) is 17.8 Å². The van der Waals surface area contributed by atoms with Gasteiger partial charge in [-0.2, -0.15) is 0 Å². The van der Waals surface area contributed by atoms with Crippen LogP contribution in [0.25, 0.3) is 0 Å². The summed E-state index contributed by atoms with van der Waals surface area (Å²) in [5.74, 6) is 1.75. The summed E-state index contributed by atoms with van der Waals surface area (Å²) < 4.78 is 2.77. The van der Waals surface area contributed by atoms with Crippen molar-refractivity contribution < 1.29 is 4.79 Å². The second kappa shape index (κ2) is 6.15. The van der Waals surface area contributed by atoms with Crippen molar-refractivity contribution in [3.8, 4) is 0 Å². The third-order valence-electron chi connectivity index (χ3n) is 3.67. The lowest BCUT2D eigenvalue weighted by Crippen LogP contribution is -2.28. The molecule has 1 aliphatic rings. The zero-order chi connectivity index (χ0) is 14.8. The van der Waals surface area contributed by atoms with Crippen LogP contribution in [0.15, 0.2) is 12.1 Å². The van der Waals surface area contributed by atoms with Crippen LogP contribution in [-0.4, -0.2) is 20.7 Å². The number of halogens is 1. The lowest BCUT2D eigenvalue weighted by Gasteiger charge is -2.14. The third kappa shape index (κ3) is 3.11. The van der Waals surface area contributed by atoms with Crippen molar-refractivity contribution in [3.63, 3.8) is 0 Å². The summed E-state index contributed by atoms with van der Waals surface area (Å²) in [5, 5.41) is 11.5. The second-order valence-corrected chi connectivity index (χ2v) is 6.95. The van der Waals surface area contributed by atoms with E-state index in [0.29, 0.717) is 9.21 Å². The van der Waals surface area contributed by atoms with E-state index < -0.39 is 0 Å². The van der Waals surface area contributed by atoms with Gasteiger partial charge in [-0.1, -0.05) is 18.0 Å². The van der Waals surface area contributed by atoms with E-state index in [4.69, 9.17) is 11.6 Å². The Kier molecular flexibility index (Phi) is 4.26. The van der Waals surface area contributed by atoms with E-state index in [-0.39, 0.29) is 11.9 Å². The van der Waals surface area contributed by atoms with Gasteiger partial charge in [0.1, 0.15) is 5.82 Å². The first kappa shape index (κ1) is 14.5. The quantitative estimate of drug-likeness (QED) is 0.943. The van der Waals surface area contributed by atoms with Gasteiger partial charge in [0.15, 0.2) is 5.82 Å². The van der Waals surface area contributed by atoms with Gasteiger partial charge in [-0.15, -0.1) is 21.5 Å². The lowest BCUT2D eigenvalue weighted by atomic mass is 10.2. The molecule has 0 radical (unpaired) electrons. The Morgan fingerprint density at radius 2 is 2.24 bits per heavy atom. The summed E-state index contributed by atoms with van der Waals surface area (Å²) >= 11 is 7.14. The Morgan fingerprint density at radius 1 is 1.38 bits per heavy atom. The zero-order valence-corrected chi connectivity index (χ0v) is 13.4. The minimum absolute atomic E-state index is 0.120. The first-order valence-electron chi connectivity index (χ1n) is 7.13. The average molecular weight is 325 g/mol. The summed E-state index contributed by atoms with van der Waals surface area (Å²) in [7, 11) is 0. The van der Waals surface area contributed by atoms with Crippen molar-refractivity contribution in [2.24, 2.45) is 0 Å². The molecule has 0 spiro atoms. The number of fused-ring (bicyclic) bond motifs is 1. The molecule has 21 heavy (non-hydrogen) atoms. The molecule has 0 fully saturated rings. The predicted molar refractivity (Wildman–Crippen MR) is 82.8 cm³/mol. The summed E-state index contributed by atoms with van der Waals surface area (Å²) in [4.78, 5) is 12.8. The van der Waals surface area contributed by atoms with Crippen molar-refractivity contribution >= 4 is 28.8 Å².